The molecule has 1 aliphatic heterocycles. The van der Waals surface area contributed by atoms with Crippen molar-refractivity contribution in [1.29, 1.82) is 0 Å². The van der Waals surface area contributed by atoms with Gasteiger partial charge in [-0.05, 0) is 12.1 Å². The molecule has 5 nitrogen and oxygen atoms in total. The Labute approximate surface area is 130 Å². The molecule has 2 amide bonds. The van der Waals surface area contributed by atoms with Crippen molar-refractivity contribution in [3.05, 3.63) is 29.0 Å². The number of pyridine rings is 1. The molecule has 1 aromatic heterocycles. The van der Waals surface area contributed by atoms with Crippen LogP contribution in [0.15, 0.2) is 18.3 Å². The minimum Gasteiger partial charge on any atom is -0.380 e. The van der Waals surface area contributed by atoms with Crippen molar-refractivity contribution in [2.45, 2.75) is 31.2 Å². The second-order valence-corrected chi connectivity index (χ2v) is 5.58. The first-order valence-electron chi connectivity index (χ1n) is 6.64. The van der Waals surface area contributed by atoms with E-state index in [0.29, 0.717) is 10.7 Å². The molecule has 1 aromatic rings. The quantitative estimate of drug-likeness (QED) is 0.870. The molecule has 1 saturated heterocycles. The van der Waals surface area contributed by atoms with Gasteiger partial charge in [0, 0.05) is 32.1 Å². The van der Waals surface area contributed by atoms with E-state index in [9.17, 15) is 23.1 Å². The van der Waals surface area contributed by atoms with Crippen molar-refractivity contribution in [2.75, 3.05) is 13.1 Å². The van der Waals surface area contributed by atoms with Crippen LogP contribution in [-0.4, -0.2) is 45.9 Å². The molecular weight excluding hydrogens is 323 g/mol. The number of halogens is 4. The Morgan fingerprint density at radius 2 is 2.05 bits per heavy atom. The number of hydrogen-bond acceptors (Lipinski definition) is 3. The van der Waals surface area contributed by atoms with Gasteiger partial charge in [0.15, 0.2) is 5.60 Å². The number of urea groups is 1. The van der Waals surface area contributed by atoms with Crippen LogP contribution >= 0.6 is 11.6 Å². The number of likely N-dealkylation sites (tertiary alicyclic amines) is 1. The van der Waals surface area contributed by atoms with Crippen LogP contribution in [0.3, 0.4) is 0 Å². The number of aromatic nitrogens is 1. The third-order valence-electron chi connectivity index (χ3n) is 3.61. The largest absolute Gasteiger partial charge is 0.417 e. The van der Waals surface area contributed by atoms with Crippen molar-refractivity contribution in [3.8, 4) is 0 Å². The second-order valence-electron chi connectivity index (χ2n) is 5.14. The summed E-state index contributed by atoms with van der Waals surface area (Å²) in [6, 6.07) is 2.78. The Balaban J connectivity index is 1.84. The average Bonchev–Trinajstić information content (AvgIpc) is 2.46. The van der Waals surface area contributed by atoms with E-state index < -0.39 is 30.7 Å². The maximum absolute atomic E-state index is 12.7. The van der Waals surface area contributed by atoms with E-state index in [0.717, 1.165) is 0 Å². The molecule has 0 saturated carbocycles. The first-order valence-corrected chi connectivity index (χ1v) is 7.01. The Kier molecular flexibility index (Phi) is 4.81. The Morgan fingerprint density at radius 3 is 2.55 bits per heavy atom. The third kappa shape index (κ3) is 3.80. The molecule has 0 bridgehead atoms. The standard InChI is InChI=1S/C13H15ClF3N3O2/c14-9-1-2-10(18-7-9)8-19-11(21)20-5-3-12(22,4-6-20)13(15,16)17/h1-2,7,22H,3-6,8H2,(H,19,21). The topological polar surface area (TPSA) is 65.5 Å². The molecule has 2 N–H and O–H groups in total. The number of carbonyl (C=O) groups excluding carboxylic acids is 1. The predicted molar refractivity (Wildman–Crippen MR) is 73.3 cm³/mol. The van der Waals surface area contributed by atoms with Crippen LogP contribution in [0.25, 0.3) is 0 Å². The zero-order valence-electron chi connectivity index (χ0n) is 11.5. The molecule has 1 fully saturated rings. The number of carbonyl (C=O) groups is 1. The normalized spacial score (nSPS) is 18.1. The van der Waals surface area contributed by atoms with Crippen LogP contribution in [0.1, 0.15) is 18.5 Å². The first-order chi connectivity index (χ1) is 10.2. The van der Waals surface area contributed by atoms with E-state index in [1.165, 1.54) is 11.1 Å². The van der Waals surface area contributed by atoms with Gasteiger partial charge in [0.1, 0.15) is 0 Å². The van der Waals surface area contributed by atoms with Gasteiger partial charge in [-0.2, -0.15) is 13.2 Å². The van der Waals surface area contributed by atoms with Crippen LogP contribution < -0.4 is 5.32 Å². The lowest BCUT2D eigenvalue weighted by molar-refractivity contribution is -0.271. The lowest BCUT2D eigenvalue weighted by Gasteiger charge is -2.38. The van der Waals surface area contributed by atoms with Gasteiger partial charge in [-0.15, -0.1) is 0 Å². The number of nitrogens with zero attached hydrogens (tertiary/aromatic N) is 2. The Bertz CT molecular complexity index is 528. The van der Waals surface area contributed by atoms with E-state index in [2.05, 4.69) is 10.3 Å². The smallest absolute Gasteiger partial charge is 0.380 e. The van der Waals surface area contributed by atoms with E-state index in [1.54, 1.807) is 12.1 Å². The molecule has 0 aliphatic carbocycles. The van der Waals surface area contributed by atoms with Gasteiger partial charge < -0.3 is 15.3 Å². The zero-order valence-corrected chi connectivity index (χ0v) is 12.3. The summed E-state index contributed by atoms with van der Waals surface area (Å²) >= 11 is 5.69. The average molecular weight is 338 g/mol. The van der Waals surface area contributed by atoms with Crippen LogP contribution in [0.4, 0.5) is 18.0 Å². The number of amides is 2. The van der Waals surface area contributed by atoms with Crippen molar-refractivity contribution < 1.29 is 23.1 Å². The zero-order chi connectivity index (χ0) is 16.4. The fourth-order valence-electron chi connectivity index (χ4n) is 2.15. The highest BCUT2D eigenvalue weighted by atomic mass is 35.5. The summed E-state index contributed by atoms with van der Waals surface area (Å²) < 4.78 is 38.0. The molecule has 1 aliphatic rings. The molecule has 0 spiro atoms. The molecule has 22 heavy (non-hydrogen) atoms. The van der Waals surface area contributed by atoms with Gasteiger partial charge >= 0.3 is 12.2 Å². The van der Waals surface area contributed by atoms with Crippen molar-refractivity contribution >= 4 is 17.6 Å². The summed E-state index contributed by atoms with van der Waals surface area (Å²) in [6.45, 7) is -0.165. The monoisotopic (exact) mass is 337 g/mol. The summed E-state index contributed by atoms with van der Waals surface area (Å²) in [6.07, 6.45) is -4.29. The predicted octanol–water partition coefficient (Wildman–Crippen LogP) is 2.33. The molecular formula is C13H15ClF3N3O2. The molecule has 2 heterocycles. The molecule has 2 rings (SSSR count). The Hall–Kier alpha value is -1.54. The van der Waals surface area contributed by atoms with Gasteiger partial charge in [-0.1, -0.05) is 11.6 Å². The van der Waals surface area contributed by atoms with Crippen LogP contribution in [-0.2, 0) is 6.54 Å². The van der Waals surface area contributed by atoms with E-state index >= 15 is 0 Å². The van der Waals surface area contributed by atoms with Crippen LogP contribution in [0.2, 0.25) is 5.02 Å². The summed E-state index contributed by atoms with van der Waals surface area (Å²) in [7, 11) is 0. The van der Waals surface area contributed by atoms with Crippen LogP contribution in [0, 0.1) is 0 Å². The van der Waals surface area contributed by atoms with Gasteiger partial charge in [-0.25, -0.2) is 4.79 Å². The molecule has 0 aromatic carbocycles. The third-order valence-corrected chi connectivity index (χ3v) is 3.84. The van der Waals surface area contributed by atoms with Crippen molar-refractivity contribution in [2.24, 2.45) is 0 Å². The van der Waals surface area contributed by atoms with Gasteiger partial charge in [0.05, 0.1) is 17.3 Å². The van der Waals surface area contributed by atoms with E-state index in [4.69, 9.17) is 11.6 Å². The molecule has 9 heteroatoms. The fourth-order valence-corrected chi connectivity index (χ4v) is 2.26. The van der Waals surface area contributed by atoms with E-state index in [-0.39, 0.29) is 19.6 Å². The number of aliphatic hydroxyl groups is 1. The highest BCUT2D eigenvalue weighted by Crippen LogP contribution is 2.38. The SMILES string of the molecule is O=C(NCc1ccc(Cl)cn1)N1CCC(O)(C(F)(F)F)CC1. The van der Waals surface area contributed by atoms with Gasteiger partial charge in [0.2, 0.25) is 0 Å². The Morgan fingerprint density at radius 1 is 1.41 bits per heavy atom. The molecule has 0 unspecified atom stereocenters. The summed E-state index contributed by atoms with van der Waals surface area (Å²) in [4.78, 5) is 17.1. The highest BCUT2D eigenvalue weighted by Gasteiger charge is 2.54. The fraction of sp³-hybridized carbons (Fsp3) is 0.538. The summed E-state index contributed by atoms with van der Waals surface area (Å²) in [5.41, 5.74) is -2.12. The number of alkyl halides is 3. The first kappa shape index (κ1) is 16.8. The second kappa shape index (κ2) is 6.29. The minimum absolute atomic E-state index is 0.149. The number of nitrogens with one attached hydrogen (secondary N) is 1. The maximum atomic E-state index is 12.7. The summed E-state index contributed by atoms with van der Waals surface area (Å²) in [5, 5.41) is 12.6. The van der Waals surface area contributed by atoms with Crippen LogP contribution in [0.5, 0.6) is 0 Å². The molecule has 0 radical (unpaired) electrons. The number of piperidine rings is 1. The maximum Gasteiger partial charge on any atom is 0.417 e. The lowest BCUT2D eigenvalue weighted by atomic mass is 9.91. The number of rotatable bonds is 2. The lowest BCUT2D eigenvalue weighted by Crippen LogP contribution is -2.55. The van der Waals surface area contributed by atoms with E-state index in [1.807, 2.05) is 0 Å². The van der Waals surface area contributed by atoms with Gasteiger partial charge in [0.25, 0.3) is 0 Å². The molecule has 122 valence electrons. The van der Waals surface area contributed by atoms with Gasteiger partial charge in [-0.3, -0.25) is 4.98 Å². The highest BCUT2D eigenvalue weighted by molar-refractivity contribution is 6.30. The number of hydrogen-bond donors (Lipinski definition) is 2. The minimum atomic E-state index is -4.68. The van der Waals surface area contributed by atoms with Crippen molar-refractivity contribution in [3.63, 3.8) is 0 Å². The van der Waals surface area contributed by atoms with Crippen molar-refractivity contribution in [1.82, 2.24) is 15.2 Å². The summed E-state index contributed by atoms with van der Waals surface area (Å²) in [5.74, 6) is 0. The molecule has 0 atom stereocenters.